The van der Waals surface area contributed by atoms with Crippen LogP contribution in [0, 0.1) is 11.8 Å². The van der Waals surface area contributed by atoms with Gasteiger partial charge < -0.3 is 9.47 Å². The van der Waals surface area contributed by atoms with Crippen LogP contribution >= 0.6 is 0 Å². The molecule has 3 atom stereocenters. The summed E-state index contributed by atoms with van der Waals surface area (Å²) in [5.74, 6) is -0.628. The van der Waals surface area contributed by atoms with Crippen molar-refractivity contribution in [1.29, 1.82) is 0 Å². The number of nitrogens with zero attached hydrogens (tertiary/aromatic N) is 1. The van der Waals surface area contributed by atoms with Crippen LogP contribution in [0.15, 0.2) is 43.0 Å². The summed E-state index contributed by atoms with van der Waals surface area (Å²) in [5, 5.41) is 0. The van der Waals surface area contributed by atoms with E-state index in [4.69, 9.17) is 9.47 Å². The molecule has 0 aromatic heterocycles. The van der Waals surface area contributed by atoms with Crippen LogP contribution in [0.4, 0.5) is 4.79 Å². The van der Waals surface area contributed by atoms with Crippen LogP contribution < -0.4 is 0 Å². The third-order valence-electron chi connectivity index (χ3n) is 4.18. The summed E-state index contributed by atoms with van der Waals surface area (Å²) in [6, 6.07) is 9.07. The van der Waals surface area contributed by atoms with Crippen LogP contribution in [0.3, 0.4) is 0 Å². The Morgan fingerprint density at radius 1 is 1.48 bits per heavy atom. The standard InChI is InChI=1S/C18H23NO4/c1-4-8-13(2)15(11-22-3)17(20)19-16(12-23-18(19)21)14-9-6-5-7-10-14/h4-7,9-10,13,15-16H,1,8,11-12H2,2-3H3/t13-,15+,16-/m0/s1. The van der Waals surface area contributed by atoms with Gasteiger partial charge in [-0.25, -0.2) is 9.69 Å². The molecular formula is C18H23NO4. The van der Waals surface area contributed by atoms with E-state index in [9.17, 15) is 9.59 Å². The van der Waals surface area contributed by atoms with Crippen LogP contribution in [0.25, 0.3) is 0 Å². The highest BCUT2D eigenvalue weighted by atomic mass is 16.6. The average Bonchev–Trinajstić information content (AvgIpc) is 2.94. The van der Waals surface area contributed by atoms with Crippen molar-refractivity contribution in [2.45, 2.75) is 19.4 Å². The molecule has 0 radical (unpaired) electrons. The zero-order valence-corrected chi connectivity index (χ0v) is 13.6. The minimum absolute atomic E-state index is 0.0322. The number of rotatable bonds is 7. The molecule has 124 valence electrons. The van der Waals surface area contributed by atoms with Crippen molar-refractivity contribution in [3.05, 3.63) is 48.6 Å². The van der Waals surface area contributed by atoms with Crippen LogP contribution in [0.2, 0.25) is 0 Å². The number of carbonyl (C=O) groups is 2. The summed E-state index contributed by atoms with van der Waals surface area (Å²) in [6.07, 6.45) is 1.87. The van der Waals surface area contributed by atoms with E-state index in [1.54, 1.807) is 13.2 Å². The first-order valence-corrected chi connectivity index (χ1v) is 7.74. The van der Waals surface area contributed by atoms with Gasteiger partial charge in [-0.05, 0) is 17.9 Å². The van der Waals surface area contributed by atoms with Crippen molar-refractivity contribution >= 4 is 12.0 Å². The number of amides is 2. The first kappa shape index (κ1) is 17.2. The van der Waals surface area contributed by atoms with Crippen LogP contribution in [0.5, 0.6) is 0 Å². The first-order chi connectivity index (χ1) is 11.1. The molecule has 0 unspecified atom stereocenters. The Labute approximate surface area is 136 Å². The number of ether oxygens (including phenoxy) is 2. The number of hydrogen-bond donors (Lipinski definition) is 0. The number of cyclic esters (lactones) is 1. The van der Waals surface area contributed by atoms with Gasteiger partial charge in [-0.2, -0.15) is 0 Å². The van der Waals surface area contributed by atoms with Gasteiger partial charge >= 0.3 is 6.09 Å². The fourth-order valence-corrected chi connectivity index (χ4v) is 2.85. The molecule has 1 saturated heterocycles. The molecule has 2 amide bonds. The lowest BCUT2D eigenvalue weighted by molar-refractivity contribution is -0.137. The monoisotopic (exact) mass is 317 g/mol. The maximum Gasteiger partial charge on any atom is 0.417 e. The minimum atomic E-state index is -0.587. The summed E-state index contributed by atoms with van der Waals surface area (Å²) in [7, 11) is 1.55. The molecule has 1 aromatic carbocycles. The molecule has 0 N–H and O–H groups in total. The van der Waals surface area contributed by atoms with Crippen molar-refractivity contribution < 1.29 is 19.1 Å². The zero-order chi connectivity index (χ0) is 16.8. The van der Waals surface area contributed by atoms with Crippen molar-refractivity contribution in [2.24, 2.45) is 11.8 Å². The van der Waals surface area contributed by atoms with Crippen molar-refractivity contribution in [2.75, 3.05) is 20.3 Å². The molecule has 0 aliphatic carbocycles. The summed E-state index contributed by atoms with van der Waals surface area (Å²) in [6.45, 7) is 6.13. The highest BCUT2D eigenvalue weighted by Crippen LogP contribution is 2.31. The SMILES string of the molecule is C=CC[C@H](C)[C@@H](COC)C(=O)N1C(=O)OC[C@H]1c1ccccc1. The van der Waals surface area contributed by atoms with Crippen molar-refractivity contribution in [3.63, 3.8) is 0 Å². The highest BCUT2D eigenvalue weighted by molar-refractivity contribution is 5.95. The molecule has 0 spiro atoms. The zero-order valence-electron chi connectivity index (χ0n) is 13.6. The quantitative estimate of drug-likeness (QED) is 0.725. The van der Waals surface area contributed by atoms with Gasteiger partial charge in [0.05, 0.1) is 12.5 Å². The van der Waals surface area contributed by atoms with Crippen LogP contribution in [-0.4, -0.2) is 37.2 Å². The van der Waals surface area contributed by atoms with Crippen molar-refractivity contribution in [3.8, 4) is 0 Å². The lowest BCUT2D eigenvalue weighted by Gasteiger charge is -2.27. The Kier molecular flexibility index (Phi) is 5.93. The lowest BCUT2D eigenvalue weighted by Crippen LogP contribution is -2.42. The summed E-state index contributed by atoms with van der Waals surface area (Å²) < 4.78 is 10.3. The van der Waals surface area contributed by atoms with Crippen LogP contribution in [-0.2, 0) is 14.3 Å². The Morgan fingerprint density at radius 3 is 2.78 bits per heavy atom. The fourth-order valence-electron chi connectivity index (χ4n) is 2.85. The van der Waals surface area contributed by atoms with E-state index in [0.29, 0.717) is 6.42 Å². The Balaban J connectivity index is 2.25. The molecule has 0 saturated carbocycles. The first-order valence-electron chi connectivity index (χ1n) is 7.74. The maximum atomic E-state index is 13.0. The molecule has 0 bridgehead atoms. The van der Waals surface area contributed by atoms with E-state index in [1.807, 2.05) is 37.3 Å². The van der Waals surface area contributed by atoms with Gasteiger partial charge in [0.15, 0.2) is 0 Å². The Bertz CT molecular complexity index is 557. The topological polar surface area (TPSA) is 55.8 Å². The van der Waals surface area contributed by atoms with Gasteiger partial charge in [0.2, 0.25) is 5.91 Å². The van der Waals surface area contributed by atoms with Gasteiger partial charge in [0, 0.05) is 7.11 Å². The van der Waals surface area contributed by atoms with Crippen molar-refractivity contribution in [1.82, 2.24) is 4.90 Å². The van der Waals surface area contributed by atoms with E-state index < -0.39 is 12.0 Å². The second kappa shape index (κ2) is 7.92. The average molecular weight is 317 g/mol. The molecule has 1 aliphatic rings. The van der Waals surface area contributed by atoms with Crippen LogP contribution in [0.1, 0.15) is 24.9 Å². The molecule has 1 heterocycles. The van der Waals surface area contributed by atoms with Gasteiger partial charge in [-0.1, -0.05) is 43.3 Å². The lowest BCUT2D eigenvalue weighted by atomic mass is 9.90. The maximum absolute atomic E-state index is 13.0. The predicted molar refractivity (Wildman–Crippen MR) is 86.7 cm³/mol. The van der Waals surface area contributed by atoms with Gasteiger partial charge in [-0.15, -0.1) is 6.58 Å². The van der Waals surface area contributed by atoms with Gasteiger partial charge in [-0.3, -0.25) is 4.79 Å². The Morgan fingerprint density at radius 2 is 2.17 bits per heavy atom. The van der Waals surface area contributed by atoms with E-state index in [1.165, 1.54) is 4.90 Å². The number of imide groups is 1. The predicted octanol–water partition coefficient (Wildman–Crippen LogP) is 3.18. The number of methoxy groups -OCH3 is 1. The van der Waals surface area contributed by atoms with E-state index >= 15 is 0 Å². The summed E-state index contributed by atoms with van der Waals surface area (Å²) in [4.78, 5) is 26.3. The molecule has 2 rings (SSSR count). The number of allylic oxidation sites excluding steroid dienone is 1. The Hall–Kier alpha value is -2.14. The largest absolute Gasteiger partial charge is 0.446 e. The minimum Gasteiger partial charge on any atom is -0.446 e. The fraction of sp³-hybridized carbons (Fsp3) is 0.444. The second-order valence-electron chi connectivity index (χ2n) is 5.78. The second-order valence-corrected chi connectivity index (χ2v) is 5.78. The van der Waals surface area contributed by atoms with E-state index in [-0.39, 0.29) is 31.1 Å². The molecule has 23 heavy (non-hydrogen) atoms. The third kappa shape index (κ3) is 3.79. The smallest absolute Gasteiger partial charge is 0.417 e. The van der Waals surface area contributed by atoms with Gasteiger partial charge in [0.1, 0.15) is 12.6 Å². The molecule has 1 aliphatic heterocycles. The van der Waals surface area contributed by atoms with E-state index in [0.717, 1.165) is 5.56 Å². The molecule has 1 aromatic rings. The normalized spacial score (nSPS) is 20.0. The molecule has 1 fully saturated rings. The summed E-state index contributed by atoms with van der Waals surface area (Å²) in [5.41, 5.74) is 0.888. The third-order valence-corrected chi connectivity index (χ3v) is 4.18. The number of hydrogen-bond acceptors (Lipinski definition) is 4. The molecule has 5 nitrogen and oxygen atoms in total. The number of carbonyl (C=O) groups excluding carboxylic acids is 2. The molecule has 5 heteroatoms. The summed E-state index contributed by atoms with van der Waals surface area (Å²) >= 11 is 0. The van der Waals surface area contributed by atoms with Gasteiger partial charge in [0.25, 0.3) is 0 Å². The van der Waals surface area contributed by atoms with E-state index in [2.05, 4.69) is 6.58 Å². The number of benzene rings is 1. The highest BCUT2D eigenvalue weighted by Gasteiger charge is 2.42. The molecular weight excluding hydrogens is 294 g/mol.